The van der Waals surface area contributed by atoms with Crippen LogP contribution in [0.2, 0.25) is 0 Å². The van der Waals surface area contributed by atoms with Crippen molar-refractivity contribution in [3.63, 3.8) is 0 Å². The molecule has 0 aliphatic heterocycles. The molecule has 0 N–H and O–H groups in total. The Morgan fingerprint density at radius 2 is 1.01 bits per heavy atom. The summed E-state index contributed by atoms with van der Waals surface area (Å²) in [4.78, 5) is 2.36. The quantitative estimate of drug-likeness (QED) is 0.131. The summed E-state index contributed by atoms with van der Waals surface area (Å²) in [6.07, 6.45) is 5.69. The van der Waals surface area contributed by atoms with Gasteiger partial charge in [0.25, 0.3) is 0 Å². The van der Waals surface area contributed by atoms with Gasteiger partial charge in [-0.3, -0.25) is 0 Å². The summed E-state index contributed by atoms with van der Waals surface area (Å²) >= 11 is 0. The molecule has 72 heavy (non-hydrogen) atoms. The normalized spacial score (nSPS) is 14.0. The van der Waals surface area contributed by atoms with E-state index in [1.165, 1.54) is 93.8 Å². The molecule has 10 aromatic carbocycles. The van der Waals surface area contributed by atoms with Crippen molar-refractivity contribution in [1.29, 1.82) is 0 Å². The van der Waals surface area contributed by atoms with Crippen molar-refractivity contribution in [2.24, 2.45) is 0 Å². The number of hydrogen-bond donors (Lipinski definition) is 0. The van der Waals surface area contributed by atoms with Crippen LogP contribution in [0.4, 0.5) is 17.1 Å². The van der Waals surface area contributed by atoms with Crippen LogP contribution < -0.4 is 4.90 Å². The second-order valence-corrected chi connectivity index (χ2v) is 20.6. The highest BCUT2D eigenvalue weighted by Crippen LogP contribution is 2.59. The Kier molecular flexibility index (Phi) is 9.89. The van der Waals surface area contributed by atoms with E-state index in [0.717, 1.165) is 39.4 Å². The van der Waals surface area contributed by atoms with Gasteiger partial charge in [-0.15, -0.1) is 0 Å². The number of fused-ring (bicyclic) bond motifs is 11. The summed E-state index contributed by atoms with van der Waals surface area (Å²) < 4.78 is 2.44. The maximum absolute atomic E-state index is 4.07. The fourth-order valence-electron chi connectivity index (χ4n) is 12.3. The standard InChI is InChI=1S/C70H54N2/c1-7-17-45(8-2)47-26-33-51(34-27-47)71(52-35-28-48(29-36-52)46-18-10-9-11-19-46)54-39-40-58-57-22-14-15-25-65(57)72(66(58)42-54)53-37-30-50(31-38-53)56-23-16-24-61-67(56)59-43-64-60(44-63(59)69(61,3)4)68-55-21-13-12-20-49(55)32-41-62(68)70(64,5)6/h7-44H,1-2H2,3-6H3/b45-17+. The van der Waals surface area contributed by atoms with E-state index < -0.39 is 0 Å². The summed E-state index contributed by atoms with van der Waals surface area (Å²) in [7, 11) is 0. The SMILES string of the molecule is C=C/C=C(\C=C)c1ccc(N(c2ccc(-c3ccccc3)cc2)c2ccc3c4ccccc4n(-c4ccc(-c5cccc6c5-c5cc7c(cc5C6(C)C)-c5c(ccc6ccccc56)C7(C)C)cc4)c3c2)cc1. The van der Waals surface area contributed by atoms with E-state index >= 15 is 0 Å². The smallest absolute Gasteiger partial charge is 0.0561 e. The van der Waals surface area contributed by atoms with Gasteiger partial charge in [0.15, 0.2) is 0 Å². The molecule has 2 aliphatic carbocycles. The van der Waals surface area contributed by atoms with E-state index in [1.807, 2.05) is 18.2 Å². The lowest BCUT2D eigenvalue weighted by atomic mass is 9.79. The molecule has 344 valence electrons. The first kappa shape index (κ1) is 43.3. The van der Waals surface area contributed by atoms with Gasteiger partial charge >= 0.3 is 0 Å². The number of aromatic nitrogens is 1. The zero-order valence-corrected chi connectivity index (χ0v) is 41.2. The second-order valence-electron chi connectivity index (χ2n) is 20.6. The highest BCUT2D eigenvalue weighted by molar-refractivity contribution is 6.11. The second kappa shape index (κ2) is 16.4. The monoisotopic (exact) mass is 922 g/mol. The minimum absolute atomic E-state index is 0.123. The highest BCUT2D eigenvalue weighted by Gasteiger charge is 2.43. The number of anilines is 3. The predicted molar refractivity (Wildman–Crippen MR) is 307 cm³/mol. The Morgan fingerprint density at radius 1 is 0.431 bits per heavy atom. The first-order chi connectivity index (χ1) is 35.1. The molecule has 2 heteroatoms. The van der Waals surface area contributed by atoms with Gasteiger partial charge in [-0.1, -0.05) is 205 Å². The first-order valence-electron chi connectivity index (χ1n) is 25.1. The molecule has 0 amide bonds. The van der Waals surface area contributed by atoms with Crippen LogP contribution >= 0.6 is 0 Å². The van der Waals surface area contributed by atoms with Crippen molar-refractivity contribution in [3.8, 4) is 50.2 Å². The molecule has 0 unspecified atom stereocenters. The van der Waals surface area contributed by atoms with Gasteiger partial charge in [-0.05, 0) is 155 Å². The summed E-state index contributed by atoms with van der Waals surface area (Å²) in [5, 5.41) is 5.07. The lowest BCUT2D eigenvalue weighted by Crippen LogP contribution is -2.16. The number of benzene rings is 10. The van der Waals surface area contributed by atoms with Crippen molar-refractivity contribution < 1.29 is 0 Å². The van der Waals surface area contributed by atoms with Gasteiger partial charge < -0.3 is 9.47 Å². The fraction of sp³-hybridized carbons (Fsp3) is 0.0857. The van der Waals surface area contributed by atoms with E-state index in [4.69, 9.17) is 0 Å². The van der Waals surface area contributed by atoms with Gasteiger partial charge in [0.05, 0.1) is 11.0 Å². The molecule has 0 saturated heterocycles. The fourth-order valence-corrected chi connectivity index (χ4v) is 12.3. The minimum atomic E-state index is -0.162. The molecular weight excluding hydrogens is 869 g/mol. The molecule has 1 heterocycles. The Balaban J connectivity index is 0.926. The topological polar surface area (TPSA) is 8.17 Å². The Labute approximate surface area is 422 Å². The van der Waals surface area contributed by atoms with Crippen LogP contribution in [0, 0.1) is 0 Å². The zero-order chi connectivity index (χ0) is 48.9. The number of allylic oxidation sites excluding steroid dienone is 4. The van der Waals surface area contributed by atoms with Crippen LogP contribution in [0.15, 0.2) is 244 Å². The third-order valence-electron chi connectivity index (χ3n) is 15.9. The molecule has 0 fully saturated rings. The summed E-state index contributed by atoms with van der Waals surface area (Å²) in [6.45, 7) is 17.6. The summed E-state index contributed by atoms with van der Waals surface area (Å²) in [6, 6.07) is 78.8. The van der Waals surface area contributed by atoms with E-state index in [1.54, 1.807) is 0 Å². The molecule has 0 spiro atoms. The van der Waals surface area contributed by atoms with Gasteiger partial charge in [0, 0.05) is 44.4 Å². The summed E-state index contributed by atoms with van der Waals surface area (Å²) in [5.41, 5.74) is 24.5. The lowest BCUT2D eigenvalue weighted by Gasteiger charge is -2.26. The Bertz CT molecular complexity index is 4030. The summed E-state index contributed by atoms with van der Waals surface area (Å²) in [5.74, 6) is 0. The lowest BCUT2D eigenvalue weighted by molar-refractivity contribution is 0.652. The van der Waals surface area contributed by atoms with Crippen LogP contribution in [0.5, 0.6) is 0 Å². The van der Waals surface area contributed by atoms with Crippen LogP contribution in [0.1, 0.15) is 55.5 Å². The number of rotatable bonds is 9. The average molecular weight is 923 g/mol. The highest BCUT2D eigenvalue weighted by atomic mass is 15.1. The molecular formula is C70H54N2. The van der Waals surface area contributed by atoms with Crippen molar-refractivity contribution in [2.45, 2.75) is 38.5 Å². The van der Waals surface area contributed by atoms with Crippen molar-refractivity contribution >= 4 is 55.2 Å². The number of para-hydroxylation sites is 1. The van der Waals surface area contributed by atoms with Crippen LogP contribution in [-0.2, 0) is 10.8 Å². The molecule has 0 saturated carbocycles. The number of nitrogens with zero attached hydrogens (tertiary/aromatic N) is 2. The van der Waals surface area contributed by atoms with Gasteiger partial charge in [0.1, 0.15) is 0 Å². The van der Waals surface area contributed by atoms with Gasteiger partial charge in [-0.2, -0.15) is 0 Å². The van der Waals surface area contributed by atoms with Crippen molar-refractivity contribution in [2.75, 3.05) is 4.90 Å². The maximum atomic E-state index is 4.07. The molecule has 2 nitrogen and oxygen atoms in total. The average Bonchev–Trinajstić information content (AvgIpc) is 3.96. The molecule has 0 atom stereocenters. The van der Waals surface area contributed by atoms with Crippen molar-refractivity contribution in [3.05, 3.63) is 272 Å². The molecule has 0 bridgehead atoms. The molecule has 0 radical (unpaired) electrons. The van der Waals surface area contributed by atoms with E-state index in [9.17, 15) is 0 Å². The van der Waals surface area contributed by atoms with Crippen molar-refractivity contribution in [1.82, 2.24) is 4.57 Å². The predicted octanol–water partition coefficient (Wildman–Crippen LogP) is 19.1. The van der Waals surface area contributed by atoms with E-state index in [0.29, 0.717) is 0 Å². The zero-order valence-electron chi connectivity index (χ0n) is 41.2. The molecule has 11 aromatic rings. The third kappa shape index (κ3) is 6.56. The van der Waals surface area contributed by atoms with Crippen LogP contribution in [-0.4, -0.2) is 4.57 Å². The molecule has 13 rings (SSSR count). The van der Waals surface area contributed by atoms with Gasteiger partial charge in [-0.25, -0.2) is 0 Å². The minimum Gasteiger partial charge on any atom is -0.310 e. The van der Waals surface area contributed by atoms with Crippen LogP contribution in [0.25, 0.3) is 88.3 Å². The molecule has 2 aliphatic rings. The first-order valence-corrected chi connectivity index (χ1v) is 25.1. The van der Waals surface area contributed by atoms with E-state index in [2.05, 4.69) is 263 Å². The van der Waals surface area contributed by atoms with Gasteiger partial charge in [0.2, 0.25) is 0 Å². The Hall–Kier alpha value is -8.72. The Morgan fingerprint density at radius 3 is 1.72 bits per heavy atom. The third-order valence-corrected chi connectivity index (χ3v) is 15.9. The molecule has 1 aromatic heterocycles. The largest absolute Gasteiger partial charge is 0.310 e. The number of hydrogen-bond acceptors (Lipinski definition) is 1. The van der Waals surface area contributed by atoms with E-state index in [-0.39, 0.29) is 10.8 Å². The maximum Gasteiger partial charge on any atom is 0.0561 e. The van der Waals surface area contributed by atoms with Crippen LogP contribution in [0.3, 0.4) is 0 Å².